The Hall–Kier alpha value is -2.87. The Balaban J connectivity index is 2.00. The summed E-state index contributed by atoms with van der Waals surface area (Å²) >= 11 is 0. The van der Waals surface area contributed by atoms with Crippen molar-refractivity contribution < 1.29 is 36.1 Å². The molecule has 26 heavy (non-hydrogen) atoms. The Morgan fingerprint density at radius 3 is 2.69 bits per heavy atom. The number of hydrogen-bond acceptors (Lipinski definition) is 6. The predicted octanol–water partition coefficient (Wildman–Crippen LogP) is 2.45. The van der Waals surface area contributed by atoms with Gasteiger partial charge in [-0.2, -0.15) is 8.42 Å². The summed E-state index contributed by atoms with van der Waals surface area (Å²) in [5.41, 5.74) is 0.920. The number of Topliss-reactive ketones (excluding diaryl/α,β-unsaturated/α-hetero) is 1. The van der Waals surface area contributed by atoms with Crippen LogP contribution < -0.4 is 5.73 Å². The molecule has 1 heterocycles. The van der Waals surface area contributed by atoms with Crippen molar-refractivity contribution in [2.45, 2.75) is 18.7 Å². The first kappa shape index (κ1) is 11.0. The average molecular weight is 384 g/mol. The molecule has 0 bridgehead atoms. The van der Waals surface area contributed by atoms with Gasteiger partial charge in [0.05, 0.1) is 9.60 Å². The maximum atomic E-state index is 13.9. The minimum Gasteiger partial charge on any atom is -0.460 e. The number of hydrogen-bond donors (Lipinski definition) is 1. The smallest absolute Gasteiger partial charge is 0.313 e. The van der Waals surface area contributed by atoms with Crippen molar-refractivity contribution in [2.24, 2.45) is 5.73 Å². The van der Waals surface area contributed by atoms with Crippen LogP contribution in [0, 0.1) is 12.7 Å². The summed E-state index contributed by atoms with van der Waals surface area (Å²) in [4.78, 5) is 12.7. The molecule has 136 valence electrons. The van der Waals surface area contributed by atoms with Crippen molar-refractivity contribution in [3.8, 4) is 0 Å². The Morgan fingerprint density at radius 1 is 1.35 bits per heavy atom. The van der Waals surface area contributed by atoms with Crippen LogP contribution in [0.5, 0.6) is 0 Å². The van der Waals surface area contributed by atoms with Gasteiger partial charge in [0.15, 0.2) is 6.10 Å². The second-order valence-corrected chi connectivity index (χ2v) is 6.48. The first-order chi connectivity index (χ1) is 15.1. The van der Waals surface area contributed by atoms with Gasteiger partial charge in [0.25, 0.3) is 0 Å². The van der Waals surface area contributed by atoms with E-state index in [2.05, 4.69) is 4.18 Å². The minimum atomic E-state index is -5.52. The normalized spacial score (nSPS) is 21.7. The molecule has 1 aliphatic heterocycles. The molecule has 2 aromatic carbocycles. The van der Waals surface area contributed by atoms with E-state index in [1.807, 2.05) is 0 Å². The number of aryl methyl sites for hydroxylation is 1. The Morgan fingerprint density at radius 2 is 2.04 bits per heavy atom. The Labute approximate surface area is 160 Å². The summed E-state index contributed by atoms with van der Waals surface area (Å²) in [5, 5.41) is 0. The molecule has 0 aliphatic carbocycles. The number of carbonyl (C=O) groups is 1. The maximum absolute atomic E-state index is 13.9. The second-order valence-electron chi connectivity index (χ2n) is 5.20. The lowest BCUT2D eigenvalue weighted by atomic mass is 10.0. The summed E-state index contributed by atoms with van der Waals surface area (Å²) in [7, 11) is -5.52. The number of carbonyl (C=O) groups excluding carboxylic acids is 1. The zero-order valence-electron chi connectivity index (χ0n) is 20.2. The number of ketones is 1. The molecule has 2 N–H and O–H groups in total. The lowest BCUT2D eigenvalue weighted by molar-refractivity contribution is -0.123. The summed E-state index contributed by atoms with van der Waals surface area (Å²) in [6, 6.07) is -1.33. The highest BCUT2D eigenvalue weighted by molar-refractivity contribution is 7.86. The van der Waals surface area contributed by atoms with Gasteiger partial charge in [0, 0.05) is 5.56 Å². The van der Waals surface area contributed by atoms with Gasteiger partial charge >= 0.3 is 10.1 Å². The molecule has 0 fully saturated rings. The molecule has 3 rings (SSSR count). The zero-order chi connectivity index (χ0) is 25.0. The van der Waals surface area contributed by atoms with Crippen LogP contribution in [0.25, 0.3) is 0 Å². The van der Waals surface area contributed by atoms with Crippen molar-refractivity contribution in [3.05, 3.63) is 82.6 Å². The molecule has 0 amide bonds. The minimum absolute atomic E-state index is 0.00400. The van der Waals surface area contributed by atoms with Crippen LogP contribution in [-0.2, 0) is 29.5 Å². The molecule has 0 saturated heterocycles. The number of rotatable bonds is 5. The summed E-state index contributed by atoms with van der Waals surface area (Å²) < 4.78 is 104. The average Bonchev–Trinajstić information content (AvgIpc) is 3.00. The van der Waals surface area contributed by atoms with E-state index in [0.717, 1.165) is 6.07 Å². The molecule has 8 heteroatoms. The van der Waals surface area contributed by atoms with E-state index >= 15 is 0 Å². The molecule has 1 aliphatic rings. The van der Waals surface area contributed by atoms with Crippen molar-refractivity contribution in [1.29, 1.82) is 0 Å². The van der Waals surface area contributed by atoms with E-state index < -0.39 is 80.9 Å². The van der Waals surface area contributed by atoms with Crippen molar-refractivity contribution in [3.63, 3.8) is 0 Å². The number of ether oxygens (including phenoxy) is 1. The molecule has 0 radical (unpaired) electrons. The molecule has 0 aromatic heterocycles. The van der Waals surface area contributed by atoms with Crippen LogP contribution in [0.3, 0.4) is 0 Å². The molecule has 6 nitrogen and oxygen atoms in total. The summed E-state index contributed by atoms with van der Waals surface area (Å²) in [6.45, 7) is 1.48. The molecular weight excluding hydrogens is 361 g/mol. The third-order valence-corrected chi connectivity index (χ3v) is 4.19. The predicted molar refractivity (Wildman–Crippen MR) is 91.3 cm³/mol. The lowest BCUT2D eigenvalue weighted by Crippen LogP contribution is -2.16. The SMILES string of the molecule is [2H]c1c([2H])c([2H])c(C([2H])([2H])S(=O)(=O)OC2=C(N)OC(c3ccc(C)c(F)c3)C2=O)c([2H])c1[2H]. The van der Waals surface area contributed by atoms with E-state index in [1.165, 1.54) is 19.1 Å². The third-order valence-electron chi connectivity index (χ3n) is 3.35. The fourth-order valence-corrected chi connectivity index (χ4v) is 2.88. The van der Waals surface area contributed by atoms with E-state index in [4.69, 9.17) is 20.1 Å². The van der Waals surface area contributed by atoms with Gasteiger partial charge < -0.3 is 14.7 Å². The fourth-order valence-electron chi connectivity index (χ4n) is 2.10. The van der Waals surface area contributed by atoms with Crippen LogP contribution in [0.15, 0.2) is 60.1 Å². The highest BCUT2D eigenvalue weighted by atomic mass is 32.2. The fraction of sp³-hybridized carbons (Fsp3) is 0.167. The molecular formula is C18H16FNO5S. The first-order valence-corrected chi connectivity index (χ1v) is 8.50. The quantitative estimate of drug-likeness (QED) is 0.796. The zero-order valence-corrected chi connectivity index (χ0v) is 14.0. The number of halogens is 1. The van der Waals surface area contributed by atoms with Crippen LogP contribution in [0.2, 0.25) is 0 Å². The van der Waals surface area contributed by atoms with Gasteiger partial charge in [-0.1, -0.05) is 42.3 Å². The molecule has 0 spiro atoms. The maximum Gasteiger partial charge on any atom is 0.313 e. The Bertz CT molecular complexity index is 1300. The highest BCUT2D eigenvalue weighted by Crippen LogP contribution is 2.33. The van der Waals surface area contributed by atoms with E-state index in [-0.39, 0.29) is 11.1 Å². The number of benzene rings is 2. The molecule has 0 saturated carbocycles. The topological polar surface area (TPSA) is 95.7 Å². The number of nitrogens with two attached hydrogens (primary N) is 1. The Kier molecular flexibility index (Phi) is 2.87. The first-order valence-electron chi connectivity index (χ1n) is 10.6. The molecule has 2 aromatic rings. The van der Waals surface area contributed by atoms with Gasteiger partial charge in [-0.05, 0) is 24.1 Å². The van der Waals surface area contributed by atoms with Crippen molar-refractivity contribution in [1.82, 2.24) is 0 Å². The molecule has 1 unspecified atom stereocenters. The van der Waals surface area contributed by atoms with Crippen LogP contribution in [0.4, 0.5) is 4.39 Å². The van der Waals surface area contributed by atoms with Gasteiger partial charge in [-0.25, -0.2) is 4.39 Å². The van der Waals surface area contributed by atoms with Gasteiger partial charge in [-0.15, -0.1) is 0 Å². The van der Waals surface area contributed by atoms with Crippen LogP contribution in [-0.4, -0.2) is 14.2 Å². The van der Waals surface area contributed by atoms with Crippen molar-refractivity contribution >= 4 is 15.9 Å². The second kappa shape index (κ2) is 6.80. The largest absolute Gasteiger partial charge is 0.460 e. The van der Waals surface area contributed by atoms with Gasteiger partial charge in [0.1, 0.15) is 11.5 Å². The standard InChI is InChI=1S/C18H16FNO5S/c1-11-7-8-13(9-14(11)19)16-15(21)17(18(20)24-16)25-26(22,23)10-12-5-3-2-4-6-12/h2-9,16H,10,20H2,1H3/i2D,3D,4D,5D,6D,10D2. The molecule has 1 atom stereocenters. The van der Waals surface area contributed by atoms with Gasteiger partial charge in [0.2, 0.25) is 17.4 Å². The summed E-state index contributed by atoms with van der Waals surface area (Å²) in [6.07, 6.45) is -1.56. The highest BCUT2D eigenvalue weighted by Gasteiger charge is 2.39. The van der Waals surface area contributed by atoms with E-state index in [1.54, 1.807) is 0 Å². The van der Waals surface area contributed by atoms with Crippen LogP contribution >= 0.6 is 0 Å². The van der Waals surface area contributed by atoms with Gasteiger partial charge in [-0.3, -0.25) is 4.79 Å². The van der Waals surface area contributed by atoms with E-state index in [0.29, 0.717) is 0 Å². The lowest BCUT2D eigenvalue weighted by Gasteiger charge is -2.10. The summed E-state index contributed by atoms with van der Waals surface area (Å²) in [5.74, 6) is -3.71. The third kappa shape index (κ3) is 3.70. The monoisotopic (exact) mass is 384 g/mol. The van der Waals surface area contributed by atoms with Crippen molar-refractivity contribution in [2.75, 3.05) is 0 Å². The van der Waals surface area contributed by atoms with Crippen LogP contribution in [0.1, 0.15) is 32.4 Å². The van der Waals surface area contributed by atoms with E-state index in [9.17, 15) is 17.6 Å².